The van der Waals surface area contributed by atoms with Gasteiger partial charge in [0.15, 0.2) is 5.54 Å². The van der Waals surface area contributed by atoms with E-state index >= 15 is 0 Å². The van der Waals surface area contributed by atoms with E-state index in [1.807, 2.05) is 30.3 Å². The van der Waals surface area contributed by atoms with E-state index in [0.29, 0.717) is 5.02 Å². The number of hydrogen-bond acceptors (Lipinski definition) is 2. The Hall–Kier alpha value is -2.00. The number of carboxylic acids is 1. The van der Waals surface area contributed by atoms with Gasteiger partial charge in [0.2, 0.25) is 0 Å². The van der Waals surface area contributed by atoms with Crippen LogP contribution < -0.4 is 5.32 Å². The van der Waals surface area contributed by atoms with Crippen LogP contribution in [0.3, 0.4) is 0 Å². The number of carboxylic acid groups (broad SMARTS) is 1. The van der Waals surface area contributed by atoms with Crippen LogP contribution >= 0.6 is 11.6 Å². The fraction of sp³-hybridized carbons (Fsp3) is 0.235. The first-order valence-corrected chi connectivity index (χ1v) is 7.33. The first kappa shape index (κ1) is 14.0. The fourth-order valence-electron chi connectivity index (χ4n) is 2.74. The summed E-state index contributed by atoms with van der Waals surface area (Å²) in [5, 5.41) is 13.8. The molecular weight excluding hydrogens is 286 g/mol. The zero-order valence-electron chi connectivity index (χ0n) is 11.4. The van der Waals surface area contributed by atoms with Crippen LogP contribution in [0.2, 0.25) is 5.02 Å². The van der Waals surface area contributed by atoms with Crippen molar-refractivity contribution in [2.75, 3.05) is 5.32 Å². The van der Waals surface area contributed by atoms with E-state index in [9.17, 15) is 9.90 Å². The third kappa shape index (κ3) is 2.61. The van der Waals surface area contributed by atoms with Gasteiger partial charge in [-0.15, -0.1) is 0 Å². The molecule has 0 spiro atoms. The van der Waals surface area contributed by atoms with E-state index in [-0.39, 0.29) is 5.92 Å². The van der Waals surface area contributed by atoms with Crippen molar-refractivity contribution in [2.45, 2.75) is 18.4 Å². The number of aliphatic carboxylic acids is 1. The van der Waals surface area contributed by atoms with Gasteiger partial charge in [0.05, 0.1) is 0 Å². The van der Waals surface area contributed by atoms with Gasteiger partial charge in [0.1, 0.15) is 0 Å². The molecule has 0 radical (unpaired) electrons. The summed E-state index contributed by atoms with van der Waals surface area (Å²) in [5.41, 5.74) is 0.457. The summed E-state index contributed by atoms with van der Waals surface area (Å²) in [4.78, 5) is 12.1. The van der Waals surface area contributed by atoms with Crippen LogP contribution in [-0.2, 0) is 10.3 Å². The van der Waals surface area contributed by atoms with Gasteiger partial charge in [0.25, 0.3) is 0 Å². The molecule has 1 saturated carbocycles. The third-order valence-corrected chi connectivity index (χ3v) is 4.19. The zero-order chi connectivity index (χ0) is 14.9. The molecule has 0 saturated heterocycles. The van der Waals surface area contributed by atoms with E-state index in [1.165, 1.54) is 0 Å². The summed E-state index contributed by atoms with van der Waals surface area (Å²) < 4.78 is 0. The Labute approximate surface area is 128 Å². The lowest BCUT2D eigenvalue weighted by Gasteiger charge is -2.32. The van der Waals surface area contributed by atoms with Crippen molar-refractivity contribution in [3.05, 3.63) is 65.2 Å². The smallest absolute Gasteiger partial charge is 0.334 e. The molecule has 1 aliphatic rings. The summed E-state index contributed by atoms with van der Waals surface area (Å²) in [7, 11) is 0. The second-order valence-corrected chi connectivity index (χ2v) is 5.82. The monoisotopic (exact) mass is 301 g/mol. The number of anilines is 1. The van der Waals surface area contributed by atoms with E-state index in [0.717, 1.165) is 24.1 Å². The summed E-state index contributed by atoms with van der Waals surface area (Å²) in [6.07, 6.45) is 1.82. The summed E-state index contributed by atoms with van der Waals surface area (Å²) in [5.74, 6) is -0.757. The number of rotatable bonds is 5. The molecule has 0 heterocycles. The number of para-hydroxylation sites is 1. The molecule has 2 aromatic rings. The van der Waals surface area contributed by atoms with Crippen LogP contribution in [0.25, 0.3) is 0 Å². The lowest BCUT2D eigenvalue weighted by Crippen LogP contribution is -2.45. The minimum absolute atomic E-state index is 0.0939. The molecule has 0 amide bonds. The Morgan fingerprint density at radius 2 is 1.71 bits per heavy atom. The molecule has 2 aromatic carbocycles. The molecule has 1 unspecified atom stereocenters. The average molecular weight is 302 g/mol. The van der Waals surface area contributed by atoms with E-state index in [2.05, 4.69) is 5.32 Å². The Morgan fingerprint density at radius 1 is 1.10 bits per heavy atom. The van der Waals surface area contributed by atoms with Gasteiger partial charge >= 0.3 is 5.97 Å². The molecule has 4 heteroatoms. The first-order valence-electron chi connectivity index (χ1n) is 6.95. The molecule has 0 bridgehead atoms. The van der Waals surface area contributed by atoms with Crippen molar-refractivity contribution in [3.8, 4) is 0 Å². The number of halogens is 1. The summed E-state index contributed by atoms with van der Waals surface area (Å²) in [6.45, 7) is 0. The van der Waals surface area contributed by atoms with Crippen LogP contribution in [0.4, 0.5) is 5.69 Å². The first-order chi connectivity index (χ1) is 10.1. The molecule has 2 N–H and O–H groups in total. The van der Waals surface area contributed by atoms with Gasteiger partial charge in [-0.25, -0.2) is 4.79 Å². The van der Waals surface area contributed by atoms with E-state index in [1.54, 1.807) is 24.3 Å². The Kier molecular flexibility index (Phi) is 3.60. The van der Waals surface area contributed by atoms with Crippen LogP contribution in [-0.4, -0.2) is 11.1 Å². The third-order valence-electron chi connectivity index (χ3n) is 3.94. The van der Waals surface area contributed by atoms with Crippen LogP contribution in [0, 0.1) is 5.92 Å². The van der Waals surface area contributed by atoms with Crippen molar-refractivity contribution < 1.29 is 9.90 Å². The van der Waals surface area contributed by atoms with Gasteiger partial charge in [-0.2, -0.15) is 0 Å². The normalized spacial score (nSPS) is 17.0. The highest BCUT2D eigenvalue weighted by Gasteiger charge is 2.52. The highest BCUT2D eigenvalue weighted by atomic mass is 35.5. The largest absolute Gasteiger partial charge is 0.479 e. The molecule has 3 rings (SSSR count). The molecule has 0 aromatic heterocycles. The van der Waals surface area contributed by atoms with Crippen molar-refractivity contribution in [3.63, 3.8) is 0 Å². The molecular formula is C17H16ClNO2. The lowest BCUT2D eigenvalue weighted by molar-refractivity contribution is -0.143. The molecule has 0 aliphatic heterocycles. The van der Waals surface area contributed by atoms with Gasteiger partial charge in [-0.3, -0.25) is 0 Å². The quantitative estimate of drug-likeness (QED) is 0.872. The molecule has 108 valence electrons. The second kappa shape index (κ2) is 5.41. The molecule has 1 atom stereocenters. The number of hydrogen-bond donors (Lipinski definition) is 2. The number of nitrogens with one attached hydrogen (secondary N) is 1. The average Bonchev–Trinajstić information content (AvgIpc) is 3.31. The number of benzene rings is 2. The molecule has 3 nitrogen and oxygen atoms in total. The van der Waals surface area contributed by atoms with Crippen LogP contribution in [0.15, 0.2) is 54.6 Å². The highest BCUT2D eigenvalue weighted by Crippen LogP contribution is 2.48. The number of carbonyl (C=O) groups is 1. The van der Waals surface area contributed by atoms with Crippen molar-refractivity contribution in [1.82, 2.24) is 0 Å². The summed E-state index contributed by atoms with van der Waals surface area (Å²) >= 11 is 5.93. The predicted octanol–water partition coefficient (Wildman–Crippen LogP) is 4.14. The zero-order valence-corrected chi connectivity index (χ0v) is 12.2. The Balaban J connectivity index is 2.06. The Bertz CT molecular complexity index is 638. The van der Waals surface area contributed by atoms with Gasteiger partial charge in [0, 0.05) is 10.7 Å². The predicted molar refractivity (Wildman–Crippen MR) is 83.6 cm³/mol. The fourth-order valence-corrected chi connectivity index (χ4v) is 2.87. The minimum Gasteiger partial charge on any atom is -0.479 e. The maximum Gasteiger partial charge on any atom is 0.334 e. The van der Waals surface area contributed by atoms with E-state index in [4.69, 9.17) is 11.6 Å². The van der Waals surface area contributed by atoms with Crippen LogP contribution in [0.5, 0.6) is 0 Å². The molecule has 1 fully saturated rings. The highest BCUT2D eigenvalue weighted by molar-refractivity contribution is 6.30. The van der Waals surface area contributed by atoms with Gasteiger partial charge in [-0.05, 0) is 48.6 Å². The van der Waals surface area contributed by atoms with Crippen molar-refractivity contribution >= 4 is 23.3 Å². The van der Waals surface area contributed by atoms with Crippen molar-refractivity contribution in [2.24, 2.45) is 5.92 Å². The van der Waals surface area contributed by atoms with Gasteiger partial charge < -0.3 is 10.4 Å². The van der Waals surface area contributed by atoms with Gasteiger partial charge in [-0.1, -0.05) is 41.9 Å². The Morgan fingerprint density at radius 3 is 2.24 bits per heavy atom. The summed E-state index contributed by atoms with van der Waals surface area (Å²) in [6, 6.07) is 16.5. The lowest BCUT2D eigenvalue weighted by atomic mass is 9.84. The maximum absolute atomic E-state index is 12.1. The standard InChI is InChI=1S/C17H16ClNO2/c18-14-10-8-13(9-11-14)17(16(20)21,12-6-7-12)19-15-4-2-1-3-5-15/h1-5,8-12,19H,6-7H2,(H,20,21). The second-order valence-electron chi connectivity index (χ2n) is 5.39. The van der Waals surface area contributed by atoms with Crippen molar-refractivity contribution in [1.29, 1.82) is 0 Å². The van der Waals surface area contributed by atoms with E-state index < -0.39 is 11.5 Å². The SMILES string of the molecule is O=C(O)C(Nc1ccccc1)(c1ccc(Cl)cc1)C1CC1. The molecule has 21 heavy (non-hydrogen) atoms. The van der Waals surface area contributed by atoms with Crippen LogP contribution in [0.1, 0.15) is 18.4 Å². The minimum atomic E-state index is -1.09. The maximum atomic E-state index is 12.1. The molecule has 1 aliphatic carbocycles. The topological polar surface area (TPSA) is 49.3 Å².